The zero-order chi connectivity index (χ0) is 15.9. The predicted octanol–water partition coefficient (Wildman–Crippen LogP) is 4.36. The molecular formula is C19H12N4S. The van der Waals surface area contributed by atoms with Crippen LogP contribution in [0.25, 0.3) is 33.3 Å². The molecule has 0 aliphatic heterocycles. The highest BCUT2D eigenvalue weighted by molar-refractivity contribution is 7.98. The Morgan fingerprint density at radius 2 is 1.67 bits per heavy atom. The third kappa shape index (κ3) is 2.09. The highest BCUT2D eigenvalue weighted by Crippen LogP contribution is 2.44. The van der Waals surface area contributed by atoms with Crippen LogP contribution in [0.4, 0.5) is 0 Å². The third-order valence-corrected chi connectivity index (χ3v) is 5.08. The lowest BCUT2D eigenvalue weighted by atomic mass is 10.0. The maximum atomic E-state index is 4.78. The van der Waals surface area contributed by atoms with Gasteiger partial charge in [0.05, 0.1) is 0 Å². The minimum absolute atomic E-state index is 0.697. The maximum Gasteiger partial charge on any atom is 0.210 e. The topological polar surface area (TPSA) is 51.6 Å². The molecule has 5 rings (SSSR count). The Bertz CT molecular complexity index is 1060. The van der Waals surface area contributed by atoms with Gasteiger partial charge in [-0.05, 0) is 17.0 Å². The molecule has 0 atom stereocenters. The van der Waals surface area contributed by atoms with Crippen LogP contribution >= 0.6 is 11.8 Å². The van der Waals surface area contributed by atoms with Gasteiger partial charge in [0.2, 0.25) is 5.16 Å². The van der Waals surface area contributed by atoms with E-state index in [1.54, 1.807) is 18.0 Å². The normalized spacial score (nSPS) is 11.7. The fourth-order valence-electron chi connectivity index (χ4n) is 3.11. The molecule has 0 saturated carbocycles. The van der Waals surface area contributed by atoms with Crippen LogP contribution in [0.15, 0.2) is 66.1 Å². The Labute approximate surface area is 143 Å². The van der Waals surface area contributed by atoms with Gasteiger partial charge in [0, 0.05) is 34.7 Å². The fourth-order valence-corrected chi connectivity index (χ4v) is 3.83. The fraction of sp³-hybridized carbons (Fsp3) is 0.0526. The highest BCUT2D eigenvalue weighted by atomic mass is 32.2. The van der Waals surface area contributed by atoms with Gasteiger partial charge in [0.1, 0.15) is 11.4 Å². The van der Waals surface area contributed by atoms with E-state index in [-0.39, 0.29) is 0 Å². The van der Waals surface area contributed by atoms with Crippen LogP contribution in [-0.2, 0) is 5.75 Å². The third-order valence-electron chi connectivity index (χ3n) is 4.17. The molecule has 1 aliphatic rings. The first-order chi connectivity index (χ1) is 11.9. The van der Waals surface area contributed by atoms with E-state index >= 15 is 0 Å². The number of pyridine rings is 1. The second kappa shape index (κ2) is 5.39. The largest absolute Gasteiger partial charge is 0.264 e. The molecule has 2 heterocycles. The summed E-state index contributed by atoms with van der Waals surface area (Å²) in [5.74, 6) is 0.783. The standard InChI is InChI=1S/C19H12N4S/c1-5-13-6-2-8-15-16(13)14(7-1)17-18(15)22-23-19(21-17)24-11-12-4-3-9-20-10-12/h1-10H,11H2. The van der Waals surface area contributed by atoms with Gasteiger partial charge in [-0.25, -0.2) is 4.98 Å². The second-order valence-corrected chi connectivity index (χ2v) is 6.59. The van der Waals surface area contributed by atoms with Crippen molar-refractivity contribution in [2.75, 3.05) is 0 Å². The van der Waals surface area contributed by atoms with E-state index in [2.05, 4.69) is 57.6 Å². The molecule has 0 unspecified atom stereocenters. The molecule has 2 aromatic carbocycles. The van der Waals surface area contributed by atoms with Crippen molar-refractivity contribution in [1.29, 1.82) is 0 Å². The quantitative estimate of drug-likeness (QED) is 0.461. The number of thioether (sulfide) groups is 1. The van der Waals surface area contributed by atoms with Gasteiger partial charge in [0.15, 0.2) is 0 Å². The van der Waals surface area contributed by atoms with Crippen molar-refractivity contribution in [2.24, 2.45) is 0 Å². The number of hydrogen-bond acceptors (Lipinski definition) is 5. The summed E-state index contributed by atoms with van der Waals surface area (Å²) >= 11 is 1.58. The lowest BCUT2D eigenvalue weighted by molar-refractivity contribution is 0.853. The van der Waals surface area contributed by atoms with Crippen LogP contribution in [0.3, 0.4) is 0 Å². The van der Waals surface area contributed by atoms with Crippen molar-refractivity contribution >= 4 is 22.5 Å². The van der Waals surface area contributed by atoms with Gasteiger partial charge in [0.25, 0.3) is 0 Å². The molecule has 114 valence electrons. The first-order valence-corrected chi connectivity index (χ1v) is 8.67. The summed E-state index contributed by atoms with van der Waals surface area (Å²) in [5, 5.41) is 11.9. The molecule has 1 aliphatic carbocycles. The van der Waals surface area contributed by atoms with E-state index in [9.17, 15) is 0 Å². The number of hydrogen-bond donors (Lipinski definition) is 0. The molecule has 0 amide bonds. The van der Waals surface area contributed by atoms with E-state index in [4.69, 9.17) is 4.98 Å². The molecule has 0 N–H and O–H groups in total. The van der Waals surface area contributed by atoms with Crippen LogP contribution in [0.5, 0.6) is 0 Å². The Morgan fingerprint density at radius 1 is 0.833 bits per heavy atom. The van der Waals surface area contributed by atoms with Gasteiger partial charge >= 0.3 is 0 Å². The molecule has 24 heavy (non-hydrogen) atoms. The summed E-state index contributed by atoms with van der Waals surface area (Å²) in [6.07, 6.45) is 3.64. The Kier molecular flexibility index (Phi) is 3.06. The lowest BCUT2D eigenvalue weighted by Crippen LogP contribution is -1.95. The minimum atomic E-state index is 0.697. The van der Waals surface area contributed by atoms with Crippen LogP contribution in [-0.4, -0.2) is 20.2 Å². The van der Waals surface area contributed by atoms with E-state index in [0.29, 0.717) is 5.16 Å². The van der Waals surface area contributed by atoms with E-state index in [0.717, 1.165) is 33.8 Å². The summed E-state index contributed by atoms with van der Waals surface area (Å²) in [6.45, 7) is 0. The average molecular weight is 328 g/mol. The van der Waals surface area contributed by atoms with Crippen molar-refractivity contribution in [2.45, 2.75) is 10.9 Å². The smallest absolute Gasteiger partial charge is 0.210 e. The number of fused-ring (bicyclic) bond motifs is 3. The van der Waals surface area contributed by atoms with Crippen LogP contribution in [0.1, 0.15) is 5.56 Å². The summed E-state index contributed by atoms with van der Waals surface area (Å²) in [4.78, 5) is 8.92. The Morgan fingerprint density at radius 3 is 2.46 bits per heavy atom. The maximum absolute atomic E-state index is 4.78. The second-order valence-electron chi connectivity index (χ2n) is 5.65. The first-order valence-electron chi connectivity index (χ1n) is 7.69. The van der Waals surface area contributed by atoms with Gasteiger partial charge in [-0.3, -0.25) is 4.98 Å². The van der Waals surface area contributed by atoms with Crippen molar-refractivity contribution in [3.63, 3.8) is 0 Å². The molecule has 0 bridgehead atoms. The molecule has 4 nitrogen and oxygen atoms in total. The van der Waals surface area contributed by atoms with Crippen molar-refractivity contribution in [1.82, 2.24) is 20.2 Å². The Hall–Kier alpha value is -2.79. The zero-order valence-electron chi connectivity index (χ0n) is 12.7. The molecule has 0 fully saturated rings. The molecule has 2 aromatic heterocycles. The molecule has 5 heteroatoms. The highest BCUT2D eigenvalue weighted by Gasteiger charge is 2.24. The van der Waals surface area contributed by atoms with E-state index in [1.165, 1.54) is 10.8 Å². The summed E-state index contributed by atoms with van der Waals surface area (Å²) < 4.78 is 0. The average Bonchev–Trinajstić information content (AvgIpc) is 2.97. The molecule has 0 saturated heterocycles. The van der Waals surface area contributed by atoms with Crippen LogP contribution < -0.4 is 0 Å². The van der Waals surface area contributed by atoms with Gasteiger partial charge in [-0.15, -0.1) is 10.2 Å². The van der Waals surface area contributed by atoms with Crippen LogP contribution in [0.2, 0.25) is 0 Å². The van der Waals surface area contributed by atoms with Crippen LogP contribution in [0, 0.1) is 0 Å². The predicted molar refractivity (Wildman–Crippen MR) is 95.6 cm³/mol. The molecular weight excluding hydrogens is 316 g/mol. The van der Waals surface area contributed by atoms with Gasteiger partial charge in [-0.1, -0.05) is 54.2 Å². The molecule has 4 aromatic rings. The lowest BCUT2D eigenvalue weighted by Gasteiger charge is -2.03. The number of rotatable bonds is 3. The summed E-state index contributed by atoms with van der Waals surface area (Å²) in [7, 11) is 0. The SMILES string of the molecule is c1cncc(CSc2nnc3c(n2)-c2cccc4cccc-3c24)c1. The van der Waals surface area contributed by atoms with Crippen molar-refractivity contribution in [3.8, 4) is 22.5 Å². The Balaban J connectivity index is 1.55. The molecule has 0 spiro atoms. The summed E-state index contributed by atoms with van der Waals surface area (Å²) in [5.41, 5.74) is 5.24. The summed E-state index contributed by atoms with van der Waals surface area (Å²) in [6, 6.07) is 16.6. The number of nitrogens with zero attached hydrogens (tertiary/aromatic N) is 4. The number of benzene rings is 2. The zero-order valence-corrected chi connectivity index (χ0v) is 13.5. The monoisotopic (exact) mass is 328 g/mol. The minimum Gasteiger partial charge on any atom is -0.264 e. The van der Waals surface area contributed by atoms with Crippen molar-refractivity contribution < 1.29 is 0 Å². The first kappa shape index (κ1) is 13.6. The van der Waals surface area contributed by atoms with Gasteiger partial charge < -0.3 is 0 Å². The van der Waals surface area contributed by atoms with E-state index < -0.39 is 0 Å². The van der Waals surface area contributed by atoms with E-state index in [1.807, 2.05) is 12.3 Å². The number of aromatic nitrogens is 4. The van der Waals surface area contributed by atoms with Gasteiger partial charge in [-0.2, -0.15) is 0 Å². The molecule has 0 radical (unpaired) electrons. The van der Waals surface area contributed by atoms with Crippen molar-refractivity contribution in [3.05, 3.63) is 66.5 Å².